The summed E-state index contributed by atoms with van der Waals surface area (Å²) in [5.74, 6) is -5.75. The van der Waals surface area contributed by atoms with Gasteiger partial charge in [0.25, 0.3) is 0 Å². The summed E-state index contributed by atoms with van der Waals surface area (Å²) in [6.07, 6.45) is 2.70. The standard InChI is InChI=1S/C27H32N2O7/c1-5-10-35-17-9-7-8-14-12-15-13-16-21(29(3)4)23(36-11-6-2)20(26(28)33)25(32)27(16,34)24(31)19(15)22(30)18(14)17/h5-9,15-16,20-21,23,30,34H,1-2,10-13H2,3-4H3,(H2,28,33)/t15-,16-,20?,21-,23?,27-/m0/s1. The van der Waals surface area contributed by atoms with E-state index in [9.17, 15) is 24.6 Å². The Morgan fingerprint density at radius 3 is 2.56 bits per heavy atom. The summed E-state index contributed by atoms with van der Waals surface area (Å²) in [7, 11) is 3.46. The van der Waals surface area contributed by atoms with Crippen molar-refractivity contribution >= 4 is 23.2 Å². The number of likely N-dealkylation sites (N-methyl/N-ethyl adjacent to an activating group) is 1. The minimum atomic E-state index is -2.54. The maximum absolute atomic E-state index is 14.0. The number of amides is 1. The van der Waals surface area contributed by atoms with E-state index in [-0.39, 0.29) is 31.0 Å². The summed E-state index contributed by atoms with van der Waals surface area (Å²) in [6.45, 7) is 7.51. The number of fused-ring (bicyclic) bond motifs is 3. The van der Waals surface area contributed by atoms with E-state index in [4.69, 9.17) is 15.2 Å². The Bertz CT molecular complexity index is 1160. The largest absolute Gasteiger partial charge is 0.507 e. The molecular weight excluding hydrogens is 464 g/mol. The topological polar surface area (TPSA) is 139 Å². The molecule has 3 aliphatic rings. The number of ether oxygens (including phenoxy) is 2. The molecular formula is C27H32N2O7. The van der Waals surface area contributed by atoms with Crippen LogP contribution < -0.4 is 10.5 Å². The van der Waals surface area contributed by atoms with Gasteiger partial charge in [-0.1, -0.05) is 30.9 Å². The predicted octanol–water partition coefficient (Wildman–Crippen LogP) is 1.20. The van der Waals surface area contributed by atoms with Crippen molar-refractivity contribution in [2.75, 3.05) is 27.3 Å². The van der Waals surface area contributed by atoms with Crippen LogP contribution in [0.4, 0.5) is 0 Å². The number of hydrogen-bond acceptors (Lipinski definition) is 8. The highest BCUT2D eigenvalue weighted by Crippen LogP contribution is 2.52. The van der Waals surface area contributed by atoms with Crippen molar-refractivity contribution in [1.29, 1.82) is 0 Å². The molecule has 192 valence electrons. The second kappa shape index (κ2) is 9.65. The first-order chi connectivity index (χ1) is 17.1. The minimum absolute atomic E-state index is 0.0320. The summed E-state index contributed by atoms with van der Waals surface area (Å²) in [6, 6.07) is 4.65. The number of hydrogen-bond donors (Lipinski definition) is 3. The summed E-state index contributed by atoms with van der Waals surface area (Å²) < 4.78 is 11.6. The fourth-order valence-electron chi connectivity index (χ4n) is 6.14. The van der Waals surface area contributed by atoms with Gasteiger partial charge in [0, 0.05) is 17.5 Å². The Morgan fingerprint density at radius 1 is 1.25 bits per heavy atom. The van der Waals surface area contributed by atoms with E-state index in [0.29, 0.717) is 17.7 Å². The van der Waals surface area contributed by atoms with E-state index >= 15 is 0 Å². The van der Waals surface area contributed by atoms with Crippen LogP contribution in [0.2, 0.25) is 0 Å². The third kappa shape index (κ3) is 3.78. The molecule has 0 radical (unpaired) electrons. The molecule has 4 rings (SSSR count). The summed E-state index contributed by atoms with van der Waals surface area (Å²) in [5.41, 5.74) is 4.17. The van der Waals surface area contributed by atoms with Crippen LogP contribution >= 0.6 is 0 Å². The molecule has 0 spiro atoms. The molecule has 1 aromatic rings. The van der Waals surface area contributed by atoms with Crippen LogP contribution in [0, 0.1) is 17.8 Å². The molecule has 0 aliphatic heterocycles. The van der Waals surface area contributed by atoms with Gasteiger partial charge >= 0.3 is 0 Å². The number of carbonyl (C=O) groups is 3. The van der Waals surface area contributed by atoms with Crippen molar-refractivity contribution < 1.29 is 34.1 Å². The van der Waals surface area contributed by atoms with Gasteiger partial charge in [-0.15, -0.1) is 6.58 Å². The molecule has 0 bridgehead atoms. The maximum Gasteiger partial charge on any atom is 0.230 e. The molecule has 2 saturated carbocycles. The average molecular weight is 497 g/mol. The van der Waals surface area contributed by atoms with Crippen molar-refractivity contribution in [2.24, 2.45) is 23.5 Å². The second-order valence-electron chi connectivity index (χ2n) is 9.78. The summed E-state index contributed by atoms with van der Waals surface area (Å²) in [5, 5.41) is 23.1. The third-order valence-electron chi connectivity index (χ3n) is 7.55. The number of nitrogens with two attached hydrogens (primary N) is 1. The smallest absolute Gasteiger partial charge is 0.230 e. The monoisotopic (exact) mass is 496 g/mol. The van der Waals surface area contributed by atoms with Crippen molar-refractivity contribution in [2.45, 2.75) is 30.6 Å². The first kappa shape index (κ1) is 25.8. The van der Waals surface area contributed by atoms with E-state index in [1.807, 2.05) is 6.07 Å². The Kier molecular flexibility index (Phi) is 6.92. The lowest BCUT2D eigenvalue weighted by atomic mass is 9.54. The highest BCUT2D eigenvalue weighted by Gasteiger charge is 2.68. The van der Waals surface area contributed by atoms with Gasteiger partial charge in [0.1, 0.15) is 24.0 Å². The van der Waals surface area contributed by atoms with Crippen LogP contribution in [0.15, 0.2) is 49.1 Å². The molecule has 4 N–H and O–H groups in total. The van der Waals surface area contributed by atoms with Gasteiger partial charge in [-0.25, -0.2) is 0 Å². The van der Waals surface area contributed by atoms with Gasteiger partial charge in [-0.3, -0.25) is 14.4 Å². The van der Waals surface area contributed by atoms with Gasteiger partial charge in [0.05, 0.1) is 18.3 Å². The highest BCUT2D eigenvalue weighted by atomic mass is 16.5. The molecule has 0 heterocycles. The number of Topliss-reactive ketones (excluding diaryl/α,β-unsaturated/α-hetero) is 2. The maximum atomic E-state index is 14.0. The number of primary amides is 1. The number of aliphatic hydroxyl groups excluding tert-OH is 1. The lowest BCUT2D eigenvalue weighted by Crippen LogP contribution is -2.73. The zero-order chi connectivity index (χ0) is 26.4. The summed E-state index contributed by atoms with van der Waals surface area (Å²) in [4.78, 5) is 41.8. The van der Waals surface area contributed by atoms with E-state index < -0.39 is 53.0 Å². The Labute approximate surface area is 209 Å². The van der Waals surface area contributed by atoms with Gasteiger partial charge in [-0.05, 0) is 44.5 Å². The lowest BCUT2D eigenvalue weighted by Gasteiger charge is -2.54. The van der Waals surface area contributed by atoms with Gasteiger partial charge in [0.15, 0.2) is 11.4 Å². The van der Waals surface area contributed by atoms with Crippen LogP contribution in [0.1, 0.15) is 17.5 Å². The Morgan fingerprint density at radius 2 is 1.94 bits per heavy atom. The van der Waals surface area contributed by atoms with Crippen LogP contribution in [-0.4, -0.2) is 77.6 Å². The zero-order valence-electron chi connectivity index (χ0n) is 20.5. The van der Waals surface area contributed by atoms with E-state index in [0.717, 1.165) is 5.56 Å². The van der Waals surface area contributed by atoms with E-state index in [1.54, 1.807) is 37.2 Å². The van der Waals surface area contributed by atoms with Crippen molar-refractivity contribution in [3.8, 4) is 5.75 Å². The second-order valence-corrected chi connectivity index (χ2v) is 9.78. The molecule has 2 fully saturated rings. The fraction of sp³-hybridized carbons (Fsp3) is 0.444. The van der Waals surface area contributed by atoms with Gasteiger partial charge in [-0.2, -0.15) is 0 Å². The number of benzene rings is 1. The molecule has 36 heavy (non-hydrogen) atoms. The number of ketones is 2. The molecule has 9 heteroatoms. The number of carbonyl (C=O) groups excluding carboxylic acids is 3. The molecule has 9 nitrogen and oxygen atoms in total. The predicted molar refractivity (Wildman–Crippen MR) is 132 cm³/mol. The number of aliphatic hydroxyl groups is 2. The van der Waals surface area contributed by atoms with E-state index in [2.05, 4.69) is 13.2 Å². The third-order valence-corrected chi connectivity index (χ3v) is 7.55. The molecule has 6 atom stereocenters. The first-order valence-electron chi connectivity index (χ1n) is 11.9. The van der Waals surface area contributed by atoms with E-state index in [1.165, 1.54) is 6.08 Å². The normalized spacial score (nSPS) is 31.4. The molecule has 2 unspecified atom stereocenters. The van der Waals surface area contributed by atoms with Crippen molar-refractivity contribution in [3.05, 3.63) is 60.2 Å². The quantitative estimate of drug-likeness (QED) is 0.360. The molecule has 0 saturated heterocycles. The van der Waals surface area contributed by atoms with Crippen LogP contribution in [0.3, 0.4) is 0 Å². The fourth-order valence-corrected chi connectivity index (χ4v) is 6.14. The molecule has 1 aromatic carbocycles. The van der Waals surface area contributed by atoms with Crippen molar-refractivity contribution in [3.63, 3.8) is 0 Å². The lowest BCUT2D eigenvalue weighted by molar-refractivity contribution is -0.188. The number of rotatable bonds is 8. The van der Waals surface area contributed by atoms with Crippen LogP contribution in [0.5, 0.6) is 5.75 Å². The molecule has 0 aromatic heterocycles. The SMILES string of the molecule is C=CCOc1cccc2c1C(O)=C1C(=O)[C@]3(O)C(=O)C(C(N)=O)C(OCC=C)[C@@H](N(C)C)[C@@H]3C[C@@H]1C2. The summed E-state index contributed by atoms with van der Waals surface area (Å²) >= 11 is 0. The van der Waals surface area contributed by atoms with Crippen LogP contribution in [0.25, 0.3) is 5.76 Å². The molecule has 1 amide bonds. The first-order valence-corrected chi connectivity index (χ1v) is 11.9. The van der Waals surface area contributed by atoms with Crippen LogP contribution in [-0.2, 0) is 25.5 Å². The molecule has 3 aliphatic carbocycles. The number of nitrogens with zero attached hydrogens (tertiary/aromatic N) is 1. The van der Waals surface area contributed by atoms with Crippen molar-refractivity contribution in [1.82, 2.24) is 4.90 Å². The average Bonchev–Trinajstić information content (AvgIpc) is 2.82. The van der Waals surface area contributed by atoms with Gasteiger partial charge in [0.2, 0.25) is 11.7 Å². The minimum Gasteiger partial charge on any atom is -0.507 e. The van der Waals surface area contributed by atoms with Gasteiger partial charge < -0.3 is 30.3 Å². The highest BCUT2D eigenvalue weighted by molar-refractivity contribution is 6.25. The Balaban J connectivity index is 1.87. The Hall–Kier alpha value is -3.27. The zero-order valence-corrected chi connectivity index (χ0v) is 20.5.